The van der Waals surface area contributed by atoms with E-state index in [4.69, 9.17) is 4.74 Å². The molecule has 1 N–H and O–H groups in total. The van der Waals surface area contributed by atoms with Crippen molar-refractivity contribution in [1.82, 2.24) is 5.32 Å². The Balaban J connectivity index is 1.60. The Labute approximate surface area is 188 Å². The molecule has 0 radical (unpaired) electrons. The first-order chi connectivity index (χ1) is 15.4. The van der Waals surface area contributed by atoms with Crippen molar-refractivity contribution >= 4 is 27.6 Å². The van der Waals surface area contributed by atoms with Crippen molar-refractivity contribution in [1.29, 1.82) is 0 Å². The fourth-order valence-corrected chi connectivity index (χ4v) is 6.13. The van der Waals surface area contributed by atoms with Gasteiger partial charge in [0.15, 0.2) is 0 Å². The van der Waals surface area contributed by atoms with Gasteiger partial charge in [-0.3, -0.25) is 9.10 Å². The molecule has 0 atom stereocenters. The van der Waals surface area contributed by atoms with Crippen molar-refractivity contribution in [3.63, 3.8) is 0 Å². The Morgan fingerprint density at radius 3 is 2.56 bits per heavy atom. The van der Waals surface area contributed by atoms with Gasteiger partial charge in [-0.05, 0) is 56.0 Å². The van der Waals surface area contributed by atoms with Gasteiger partial charge >= 0.3 is 5.97 Å². The van der Waals surface area contributed by atoms with Crippen LogP contribution >= 0.6 is 0 Å². The molecule has 2 aliphatic rings. The molecule has 1 fully saturated rings. The lowest BCUT2D eigenvalue weighted by Gasteiger charge is -2.35. The number of nitrogens with zero attached hydrogens (tertiary/aromatic N) is 1. The molecule has 32 heavy (non-hydrogen) atoms. The zero-order valence-corrected chi connectivity index (χ0v) is 19.0. The number of rotatable bonds is 6. The van der Waals surface area contributed by atoms with E-state index in [0.29, 0.717) is 31.5 Å². The molecular weight excluding hydrogens is 428 g/mol. The van der Waals surface area contributed by atoms with Crippen molar-refractivity contribution in [3.8, 4) is 0 Å². The molecule has 0 bridgehead atoms. The fraction of sp³-hybridized carbons (Fsp3) is 0.417. The highest BCUT2D eigenvalue weighted by Gasteiger charge is 2.42. The Kier molecular flexibility index (Phi) is 6.24. The number of ether oxygens (including phenoxy) is 1. The molecule has 8 heteroatoms. The van der Waals surface area contributed by atoms with Gasteiger partial charge in [0.25, 0.3) is 15.9 Å². The number of carbonyl (C=O) groups excluding carboxylic acids is 2. The van der Waals surface area contributed by atoms with E-state index in [1.165, 1.54) is 16.4 Å². The number of carbonyl (C=O) groups is 2. The van der Waals surface area contributed by atoms with Crippen LogP contribution in [0.25, 0.3) is 0 Å². The van der Waals surface area contributed by atoms with Gasteiger partial charge in [0, 0.05) is 12.1 Å². The lowest BCUT2D eigenvalue weighted by atomic mass is 9.81. The summed E-state index contributed by atoms with van der Waals surface area (Å²) in [6.07, 6.45) is 4.32. The monoisotopic (exact) mass is 456 g/mol. The zero-order valence-electron chi connectivity index (χ0n) is 18.2. The van der Waals surface area contributed by atoms with E-state index in [-0.39, 0.29) is 17.1 Å². The number of nitrogens with one attached hydrogen (secondary N) is 1. The number of benzene rings is 2. The predicted molar refractivity (Wildman–Crippen MR) is 121 cm³/mol. The molecule has 0 unspecified atom stereocenters. The van der Waals surface area contributed by atoms with Crippen LogP contribution in [-0.4, -0.2) is 39.0 Å². The predicted octanol–water partition coefficient (Wildman–Crippen LogP) is 3.43. The molecule has 7 nitrogen and oxygen atoms in total. The molecule has 2 aromatic carbocycles. The number of sulfonamides is 1. The minimum atomic E-state index is -3.82. The summed E-state index contributed by atoms with van der Waals surface area (Å²) < 4.78 is 33.3. The van der Waals surface area contributed by atoms with Gasteiger partial charge in [-0.2, -0.15) is 0 Å². The van der Waals surface area contributed by atoms with E-state index >= 15 is 0 Å². The summed E-state index contributed by atoms with van der Waals surface area (Å²) in [7, 11) is -3.82. The maximum Gasteiger partial charge on any atom is 0.331 e. The first kappa shape index (κ1) is 22.3. The second-order valence-electron chi connectivity index (χ2n) is 8.30. The Morgan fingerprint density at radius 2 is 1.81 bits per heavy atom. The third-order valence-corrected chi connectivity index (χ3v) is 8.06. The average molecular weight is 457 g/mol. The molecular formula is C24H28N2O5S. The lowest BCUT2D eigenvalue weighted by molar-refractivity contribution is -0.152. The third kappa shape index (κ3) is 4.11. The standard InChI is InChI=1S/C24H28N2O5S/c1-2-31-23(28)24(14-6-3-7-15-24)25-22(27)19-10-8-11-20(17-19)32(29,30)26-16-13-18-9-4-5-12-21(18)26/h4-5,8-12,17H,2-3,6-7,13-16H2,1H3,(H,25,27). The Bertz CT molecular complexity index is 1120. The van der Waals surface area contributed by atoms with E-state index in [1.54, 1.807) is 25.1 Å². The minimum absolute atomic E-state index is 0.0516. The molecule has 170 valence electrons. The highest BCUT2D eigenvalue weighted by molar-refractivity contribution is 7.92. The average Bonchev–Trinajstić information content (AvgIpc) is 3.25. The van der Waals surface area contributed by atoms with Gasteiger partial charge in [0.05, 0.1) is 17.2 Å². The summed E-state index contributed by atoms with van der Waals surface area (Å²) in [4.78, 5) is 25.8. The molecule has 1 heterocycles. The van der Waals surface area contributed by atoms with E-state index in [9.17, 15) is 18.0 Å². The van der Waals surface area contributed by atoms with Gasteiger partial charge in [0.2, 0.25) is 0 Å². The topological polar surface area (TPSA) is 92.8 Å². The summed E-state index contributed by atoms with van der Waals surface area (Å²) in [6.45, 7) is 2.34. The Morgan fingerprint density at radius 1 is 1.06 bits per heavy atom. The van der Waals surface area contributed by atoms with Gasteiger partial charge < -0.3 is 10.1 Å². The normalized spacial score (nSPS) is 17.5. The molecule has 4 rings (SSSR count). The van der Waals surface area contributed by atoms with Crippen LogP contribution in [0.3, 0.4) is 0 Å². The van der Waals surface area contributed by atoms with Gasteiger partial charge in [-0.25, -0.2) is 13.2 Å². The molecule has 0 spiro atoms. The fourth-order valence-electron chi connectivity index (χ4n) is 4.58. The largest absolute Gasteiger partial charge is 0.464 e. The SMILES string of the molecule is CCOC(=O)C1(NC(=O)c2cccc(S(=O)(=O)N3CCc4ccccc43)c2)CCCCC1. The van der Waals surface area contributed by atoms with Crippen LogP contribution in [0.5, 0.6) is 0 Å². The first-order valence-corrected chi connectivity index (χ1v) is 12.5. The number of fused-ring (bicyclic) bond motifs is 1. The van der Waals surface area contributed by atoms with Crippen LogP contribution < -0.4 is 9.62 Å². The number of amides is 1. The lowest BCUT2D eigenvalue weighted by Crippen LogP contribution is -2.56. The van der Waals surface area contributed by atoms with Crippen molar-refractivity contribution in [3.05, 3.63) is 59.7 Å². The second-order valence-corrected chi connectivity index (χ2v) is 10.2. The van der Waals surface area contributed by atoms with Crippen LogP contribution in [0.4, 0.5) is 5.69 Å². The second kappa shape index (κ2) is 8.94. The van der Waals surface area contributed by atoms with Crippen molar-refractivity contribution in [2.24, 2.45) is 0 Å². The summed E-state index contributed by atoms with van der Waals surface area (Å²) in [6, 6.07) is 13.4. The van der Waals surface area contributed by atoms with Gasteiger partial charge in [-0.1, -0.05) is 43.5 Å². The third-order valence-electron chi connectivity index (χ3n) is 6.25. The van der Waals surface area contributed by atoms with Crippen LogP contribution in [0.15, 0.2) is 53.4 Å². The Hall–Kier alpha value is -2.87. The van der Waals surface area contributed by atoms with E-state index in [1.807, 2.05) is 18.2 Å². The molecule has 2 aromatic rings. The quantitative estimate of drug-likeness (QED) is 0.673. The van der Waals surface area contributed by atoms with Crippen LogP contribution in [0.2, 0.25) is 0 Å². The molecule has 0 aromatic heterocycles. The maximum atomic E-state index is 13.3. The summed E-state index contributed by atoms with van der Waals surface area (Å²) in [5, 5.41) is 2.88. The number of anilines is 1. The maximum absolute atomic E-state index is 13.3. The molecule has 1 aliphatic heterocycles. The summed E-state index contributed by atoms with van der Waals surface area (Å²) in [5.41, 5.74) is 0.797. The minimum Gasteiger partial charge on any atom is -0.464 e. The summed E-state index contributed by atoms with van der Waals surface area (Å²) in [5.74, 6) is -0.899. The number of para-hydroxylation sites is 1. The van der Waals surface area contributed by atoms with Gasteiger partial charge in [-0.15, -0.1) is 0 Å². The highest BCUT2D eigenvalue weighted by atomic mass is 32.2. The number of hydrogen-bond acceptors (Lipinski definition) is 5. The first-order valence-electron chi connectivity index (χ1n) is 11.1. The smallest absolute Gasteiger partial charge is 0.331 e. The van der Waals surface area contributed by atoms with Crippen molar-refractivity contribution < 1.29 is 22.7 Å². The van der Waals surface area contributed by atoms with Crippen LogP contribution in [0, 0.1) is 0 Å². The van der Waals surface area contributed by atoms with E-state index in [0.717, 1.165) is 24.8 Å². The summed E-state index contributed by atoms with van der Waals surface area (Å²) >= 11 is 0. The molecule has 1 amide bonds. The highest BCUT2D eigenvalue weighted by Crippen LogP contribution is 2.33. The molecule has 0 saturated heterocycles. The zero-order chi connectivity index (χ0) is 22.8. The van der Waals surface area contributed by atoms with Crippen LogP contribution in [-0.2, 0) is 26.0 Å². The number of hydrogen-bond donors (Lipinski definition) is 1. The van der Waals surface area contributed by atoms with Crippen molar-refractivity contribution in [2.75, 3.05) is 17.5 Å². The molecule has 1 saturated carbocycles. The van der Waals surface area contributed by atoms with Crippen LogP contribution in [0.1, 0.15) is 54.9 Å². The van der Waals surface area contributed by atoms with Crippen molar-refractivity contribution in [2.45, 2.75) is 55.9 Å². The number of esters is 1. The van der Waals surface area contributed by atoms with Gasteiger partial charge in [0.1, 0.15) is 5.54 Å². The van der Waals surface area contributed by atoms with E-state index < -0.39 is 27.4 Å². The van der Waals surface area contributed by atoms with E-state index in [2.05, 4.69) is 5.32 Å². The molecule has 1 aliphatic carbocycles.